The number of para-hydroxylation sites is 1. The molecular weight excluding hydrogens is 372 g/mol. The lowest BCUT2D eigenvalue weighted by Gasteiger charge is -2.20. The molecule has 3 rings (SSSR count). The topological polar surface area (TPSA) is 35.5 Å². The Morgan fingerprint density at radius 1 is 1.11 bits per heavy atom. The number of hydrogen-bond donors (Lipinski definition) is 0. The summed E-state index contributed by atoms with van der Waals surface area (Å²) in [4.78, 5) is 12.2. The summed E-state index contributed by atoms with van der Waals surface area (Å²) in [6, 6.07) is 13.8. The normalized spacial score (nSPS) is 14.0. The van der Waals surface area contributed by atoms with E-state index in [1.807, 2.05) is 57.2 Å². The van der Waals surface area contributed by atoms with Crippen molar-refractivity contribution >= 4 is 17.6 Å². The maximum Gasteiger partial charge on any atom is 0.310 e. The quantitative estimate of drug-likeness (QED) is 0.499. The molecule has 4 heteroatoms. The molecule has 1 saturated carbocycles. The summed E-state index contributed by atoms with van der Waals surface area (Å²) in [7, 11) is 0. The molecule has 0 spiro atoms. The fourth-order valence-electron chi connectivity index (χ4n) is 3.21. The second-order valence-corrected chi connectivity index (χ2v) is 9.05. The van der Waals surface area contributed by atoms with Gasteiger partial charge in [0.1, 0.15) is 18.0 Å². The van der Waals surface area contributed by atoms with Crippen molar-refractivity contribution in [3.63, 3.8) is 0 Å². The summed E-state index contributed by atoms with van der Waals surface area (Å²) < 4.78 is 11.5. The summed E-state index contributed by atoms with van der Waals surface area (Å²) >= 11 is 6.31. The maximum absolute atomic E-state index is 12.2. The van der Waals surface area contributed by atoms with E-state index < -0.39 is 5.60 Å². The smallest absolute Gasteiger partial charge is 0.310 e. The highest BCUT2D eigenvalue weighted by Crippen LogP contribution is 2.34. The molecule has 0 aliphatic heterocycles. The molecule has 150 valence electrons. The number of aryl methyl sites for hydroxylation is 1. The highest BCUT2D eigenvalue weighted by atomic mass is 35.5. The fraction of sp³-hybridized carbons (Fsp3) is 0.458. The van der Waals surface area contributed by atoms with Crippen molar-refractivity contribution < 1.29 is 14.3 Å². The molecule has 0 bridgehead atoms. The number of hydrogen-bond acceptors (Lipinski definition) is 3. The molecule has 0 amide bonds. The largest absolute Gasteiger partial charge is 0.489 e. The van der Waals surface area contributed by atoms with Crippen LogP contribution in [0, 0.1) is 5.92 Å². The molecule has 2 aromatic carbocycles. The predicted octanol–water partition coefficient (Wildman–Crippen LogP) is 6.15. The van der Waals surface area contributed by atoms with Gasteiger partial charge in [0.2, 0.25) is 0 Å². The number of ether oxygens (including phenoxy) is 2. The van der Waals surface area contributed by atoms with Crippen molar-refractivity contribution in [1.82, 2.24) is 0 Å². The van der Waals surface area contributed by atoms with E-state index in [0.29, 0.717) is 12.4 Å². The molecule has 0 saturated heterocycles. The van der Waals surface area contributed by atoms with Crippen LogP contribution in [-0.4, -0.2) is 11.6 Å². The molecule has 0 N–H and O–H groups in total. The van der Waals surface area contributed by atoms with Crippen molar-refractivity contribution in [3.8, 4) is 5.75 Å². The minimum atomic E-state index is -0.495. The third kappa shape index (κ3) is 6.87. The van der Waals surface area contributed by atoms with E-state index in [4.69, 9.17) is 21.1 Å². The zero-order valence-corrected chi connectivity index (χ0v) is 17.7. The Balaban J connectivity index is 1.63. The summed E-state index contributed by atoms with van der Waals surface area (Å²) in [5, 5.41) is 0.744. The lowest BCUT2D eigenvalue weighted by Crippen LogP contribution is -2.25. The third-order valence-corrected chi connectivity index (χ3v) is 4.90. The van der Waals surface area contributed by atoms with Gasteiger partial charge in [-0.3, -0.25) is 4.79 Å². The van der Waals surface area contributed by atoms with E-state index in [2.05, 4.69) is 6.07 Å². The molecule has 0 atom stereocenters. The molecule has 0 unspecified atom stereocenters. The molecule has 28 heavy (non-hydrogen) atoms. The SMILES string of the molecule is CC(C)(C)OC(=O)Cc1ccccc1OCc1cc(Cl)cc(CCC2CC2)c1. The summed E-state index contributed by atoms with van der Waals surface area (Å²) in [5.41, 5.74) is 2.64. The monoisotopic (exact) mass is 400 g/mol. The number of rotatable bonds is 8. The van der Waals surface area contributed by atoms with Crippen molar-refractivity contribution in [3.05, 3.63) is 64.2 Å². The van der Waals surface area contributed by atoms with Crippen molar-refractivity contribution in [2.24, 2.45) is 5.92 Å². The van der Waals surface area contributed by atoms with Gasteiger partial charge >= 0.3 is 5.97 Å². The predicted molar refractivity (Wildman–Crippen MR) is 113 cm³/mol. The van der Waals surface area contributed by atoms with Crippen LogP contribution in [0.4, 0.5) is 0 Å². The minimum Gasteiger partial charge on any atom is -0.489 e. The Hall–Kier alpha value is -2.00. The Morgan fingerprint density at radius 3 is 2.54 bits per heavy atom. The summed E-state index contributed by atoms with van der Waals surface area (Å²) in [6.07, 6.45) is 5.22. The number of esters is 1. The molecular formula is C24H29ClO3. The van der Waals surface area contributed by atoms with Gasteiger partial charge in [-0.2, -0.15) is 0 Å². The lowest BCUT2D eigenvalue weighted by molar-refractivity contribution is -0.153. The first-order valence-corrected chi connectivity index (χ1v) is 10.4. The van der Waals surface area contributed by atoms with E-state index in [1.165, 1.54) is 24.8 Å². The molecule has 1 fully saturated rings. The van der Waals surface area contributed by atoms with E-state index in [1.54, 1.807) is 0 Å². The van der Waals surface area contributed by atoms with Gasteiger partial charge in [-0.15, -0.1) is 0 Å². The Morgan fingerprint density at radius 2 is 1.82 bits per heavy atom. The van der Waals surface area contributed by atoms with Gasteiger partial charge in [-0.05, 0) is 68.9 Å². The van der Waals surface area contributed by atoms with Gasteiger partial charge in [0, 0.05) is 10.6 Å². The van der Waals surface area contributed by atoms with Crippen LogP contribution in [0.15, 0.2) is 42.5 Å². The Labute approximate surface area is 173 Å². The lowest BCUT2D eigenvalue weighted by atomic mass is 10.0. The highest BCUT2D eigenvalue weighted by molar-refractivity contribution is 6.30. The third-order valence-electron chi connectivity index (χ3n) is 4.68. The Kier molecular flexibility index (Phi) is 6.66. The van der Waals surface area contributed by atoms with Crippen LogP contribution in [-0.2, 0) is 29.0 Å². The van der Waals surface area contributed by atoms with Crippen LogP contribution in [0.1, 0.15) is 56.7 Å². The zero-order valence-electron chi connectivity index (χ0n) is 17.0. The van der Waals surface area contributed by atoms with Crippen molar-refractivity contribution in [1.29, 1.82) is 0 Å². The van der Waals surface area contributed by atoms with Crippen LogP contribution in [0.5, 0.6) is 5.75 Å². The summed E-state index contributed by atoms with van der Waals surface area (Å²) in [6.45, 7) is 6.02. The average molecular weight is 401 g/mol. The van der Waals surface area contributed by atoms with Crippen molar-refractivity contribution in [2.45, 2.75) is 65.1 Å². The standard InChI is InChI=1S/C24H29ClO3/c1-24(2,3)28-23(26)15-20-6-4-5-7-22(20)27-16-19-12-18(13-21(25)14-19)11-10-17-8-9-17/h4-7,12-14,17H,8-11,15-16H2,1-3H3. The molecule has 0 radical (unpaired) electrons. The molecule has 0 heterocycles. The highest BCUT2D eigenvalue weighted by Gasteiger charge is 2.21. The van der Waals surface area contributed by atoms with Gasteiger partial charge in [0.15, 0.2) is 0 Å². The van der Waals surface area contributed by atoms with Gasteiger partial charge < -0.3 is 9.47 Å². The van der Waals surface area contributed by atoms with Gasteiger partial charge in [-0.25, -0.2) is 0 Å². The second kappa shape index (κ2) is 9.00. The first-order valence-electron chi connectivity index (χ1n) is 9.99. The van der Waals surface area contributed by atoms with Gasteiger partial charge in [0.25, 0.3) is 0 Å². The molecule has 0 aromatic heterocycles. The maximum atomic E-state index is 12.2. The minimum absolute atomic E-state index is 0.190. The number of halogens is 1. The molecule has 3 nitrogen and oxygen atoms in total. The molecule has 1 aliphatic rings. The van der Waals surface area contributed by atoms with Crippen LogP contribution in [0.25, 0.3) is 0 Å². The van der Waals surface area contributed by atoms with Crippen LogP contribution >= 0.6 is 11.6 Å². The average Bonchev–Trinajstić information content (AvgIpc) is 3.41. The zero-order chi connectivity index (χ0) is 20.1. The van der Waals surface area contributed by atoms with Gasteiger partial charge in [-0.1, -0.05) is 48.7 Å². The van der Waals surface area contributed by atoms with Crippen LogP contribution < -0.4 is 4.74 Å². The van der Waals surface area contributed by atoms with Gasteiger partial charge in [0.05, 0.1) is 6.42 Å². The Bertz CT molecular complexity index is 819. The number of benzene rings is 2. The van der Waals surface area contributed by atoms with Crippen LogP contribution in [0.3, 0.4) is 0 Å². The second-order valence-electron chi connectivity index (χ2n) is 8.61. The van der Waals surface area contributed by atoms with Crippen LogP contribution in [0.2, 0.25) is 5.02 Å². The van der Waals surface area contributed by atoms with Crippen molar-refractivity contribution in [2.75, 3.05) is 0 Å². The fourth-order valence-corrected chi connectivity index (χ4v) is 3.49. The summed E-state index contributed by atoms with van der Waals surface area (Å²) in [5.74, 6) is 1.35. The molecule has 1 aliphatic carbocycles. The number of carbonyl (C=O) groups is 1. The van der Waals surface area contributed by atoms with E-state index in [-0.39, 0.29) is 12.4 Å². The van der Waals surface area contributed by atoms with E-state index in [0.717, 1.165) is 28.5 Å². The first kappa shape index (κ1) is 20.7. The van der Waals surface area contributed by atoms with E-state index >= 15 is 0 Å². The first-order chi connectivity index (χ1) is 13.3. The molecule has 2 aromatic rings. The number of carbonyl (C=O) groups excluding carboxylic acids is 1. The van der Waals surface area contributed by atoms with E-state index in [9.17, 15) is 4.79 Å².